The number of fused-ring (bicyclic) bond motifs is 2. The molecule has 2 unspecified atom stereocenters. The fraction of sp³-hybridized carbons (Fsp3) is 0.909. The lowest BCUT2D eigenvalue weighted by atomic mass is 10.2. The average molecular weight is 260 g/mol. The number of unbranched alkanes of at least 4 members (excludes halogenated alkanes) is 2. The topological polar surface area (TPSA) is 57.7 Å². The van der Waals surface area contributed by atoms with Crippen LogP contribution in [-0.4, -0.2) is 55.0 Å². The van der Waals surface area contributed by atoms with Crippen molar-refractivity contribution < 1.29 is 13.2 Å². The molecule has 2 saturated heterocycles. The Balaban J connectivity index is 2.06. The van der Waals surface area contributed by atoms with Crippen LogP contribution in [0.5, 0.6) is 0 Å². The van der Waals surface area contributed by atoms with Crippen LogP contribution < -0.4 is 0 Å². The highest BCUT2D eigenvalue weighted by atomic mass is 32.2. The number of carbonyl (C=O) groups excluding carboxylic acids is 1. The first-order valence-corrected chi connectivity index (χ1v) is 7.93. The van der Waals surface area contributed by atoms with E-state index in [4.69, 9.17) is 0 Å². The Morgan fingerprint density at radius 2 is 2.12 bits per heavy atom. The molecule has 0 aromatic rings. The Morgan fingerprint density at radius 3 is 2.82 bits per heavy atom. The molecule has 2 bridgehead atoms. The Morgan fingerprint density at radius 1 is 1.35 bits per heavy atom. The monoisotopic (exact) mass is 260 g/mol. The number of carbonyl (C=O) groups is 1. The van der Waals surface area contributed by atoms with Gasteiger partial charge >= 0.3 is 0 Å². The van der Waals surface area contributed by atoms with Gasteiger partial charge in [-0.05, 0) is 12.8 Å². The standard InChI is InChI=1S/C11H20N2O3S/c1-2-3-4-7-17(15,16)13-10-5-6-12(8-10)9-11(13)14/h10H,2-9H2,1H3. The van der Waals surface area contributed by atoms with Crippen LogP contribution in [-0.2, 0) is 14.8 Å². The number of rotatable bonds is 5. The molecule has 98 valence electrons. The summed E-state index contributed by atoms with van der Waals surface area (Å²) < 4.78 is 25.5. The molecule has 2 atom stereocenters. The van der Waals surface area contributed by atoms with Crippen LogP contribution in [0.3, 0.4) is 0 Å². The third kappa shape index (κ3) is 2.63. The molecule has 0 aliphatic carbocycles. The summed E-state index contributed by atoms with van der Waals surface area (Å²) in [6.45, 7) is 3.87. The highest BCUT2D eigenvalue weighted by Gasteiger charge is 2.42. The van der Waals surface area contributed by atoms with Gasteiger partial charge in [0.25, 0.3) is 5.91 Å². The number of amides is 1. The lowest BCUT2D eigenvalue weighted by Gasteiger charge is -2.33. The molecule has 2 heterocycles. The summed E-state index contributed by atoms with van der Waals surface area (Å²) in [5.74, 6) is -0.126. The normalized spacial score (nSPS) is 28.8. The largest absolute Gasteiger partial charge is 0.292 e. The molecule has 0 aromatic heterocycles. The van der Waals surface area contributed by atoms with Gasteiger partial charge in [-0.25, -0.2) is 12.7 Å². The molecule has 17 heavy (non-hydrogen) atoms. The van der Waals surface area contributed by atoms with Gasteiger partial charge in [-0.3, -0.25) is 9.69 Å². The van der Waals surface area contributed by atoms with Crippen LogP contribution in [0.1, 0.15) is 32.6 Å². The SMILES string of the molecule is CCCCCS(=O)(=O)N1C(=O)CN2CCC1C2. The maximum atomic E-state index is 12.1. The van der Waals surface area contributed by atoms with Crippen molar-refractivity contribution in [1.29, 1.82) is 0 Å². The minimum absolute atomic E-state index is 0.108. The van der Waals surface area contributed by atoms with Gasteiger partial charge in [-0.1, -0.05) is 19.8 Å². The van der Waals surface area contributed by atoms with Crippen molar-refractivity contribution in [1.82, 2.24) is 9.21 Å². The number of hydrogen-bond acceptors (Lipinski definition) is 4. The molecule has 2 fully saturated rings. The van der Waals surface area contributed by atoms with E-state index in [1.165, 1.54) is 4.31 Å². The Kier molecular flexibility index (Phi) is 3.73. The fourth-order valence-corrected chi connectivity index (χ4v) is 4.39. The lowest BCUT2D eigenvalue weighted by molar-refractivity contribution is -0.130. The first kappa shape index (κ1) is 12.8. The van der Waals surface area contributed by atoms with E-state index >= 15 is 0 Å². The van der Waals surface area contributed by atoms with Crippen molar-refractivity contribution in [2.75, 3.05) is 25.4 Å². The minimum atomic E-state index is -3.38. The Labute approximate surface area is 103 Å². The average Bonchev–Trinajstić information content (AvgIpc) is 2.60. The predicted octanol–water partition coefficient (Wildman–Crippen LogP) is 0.423. The van der Waals surface area contributed by atoms with Crippen LogP contribution in [0.4, 0.5) is 0 Å². The molecule has 0 aromatic carbocycles. The van der Waals surface area contributed by atoms with Gasteiger partial charge in [-0.2, -0.15) is 0 Å². The van der Waals surface area contributed by atoms with Crippen molar-refractivity contribution in [2.24, 2.45) is 0 Å². The zero-order valence-corrected chi connectivity index (χ0v) is 11.1. The highest BCUT2D eigenvalue weighted by Crippen LogP contribution is 2.24. The second-order valence-corrected chi connectivity index (χ2v) is 6.86. The third-order valence-electron chi connectivity index (χ3n) is 3.49. The maximum absolute atomic E-state index is 12.1. The van der Waals surface area contributed by atoms with E-state index in [-0.39, 0.29) is 24.2 Å². The fourth-order valence-electron chi connectivity index (χ4n) is 2.63. The Hall–Kier alpha value is -0.620. The van der Waals surface area contributed by atoms with Crippen LogP contribution >= 0.6 is 0 Å². The molecule has 0 radical (unpaired) electrons. The summed E-state index contributed by atoms with van der Waals surface area (Å²) in [5, 5.41) is 0. The second kappa shape index (κ2) is 4.94. The van der Waals surface area contributed by atoms with E-state index in [2.05, 4.69) is 0 Å². The third-order valence-corrected chi connectivity index (χ3v) is 5.40. The summed E-state index contributed by atoms with van der Waals surface area (Å²) in [6, 6.07) is -0.108. The van der Waals surface area contributed by atoms with Crippen molar-refractivity contribution in [3.8, 4) is 0 Å². The quantitative estimate of drug-likeness (QED) is 0.672. The number of piperazine rings is 1. The summed E-state index contributed by atoms with van der Waals surface area (Å²) in [5.41, 5.74) is 0. The zero-order valence-electron chi connectivity index (χ0n) is 10.3. The highest BCUT2D eigenvalue weighted by molar-refractivity contribution is 7.89. The van der Waals surface area contributed by atoms with Gasteiger partial charge in [0, 0.05) is 13.1 Å². The summed E-state index contributed by atoms with van der Waals surface area (Å²) in [7, 11) is -3.38. The van der Waals surface area contributed by atoms with Gasteiger partial charge in [0.1, 0.15) is 0 Å². The molecule has 5 nitrogen and oxygen atoms in total. The van der Waals surface area contributed by atoms with Gasteiger partial charge < -0.3 is 0 Å². The first-order chi connectivity index (χ1) is 8.04. The van der Waals surface area contributed by atoms with E-state index in [9.17, 15) is 13.2 Å². The smallest absolute Gasteiger partial charge is 0.250 e. The van der Waals surface area contributed by atoms with Crippen LogP contribution in [0.2, 0.25) is 0 Å². The van der Waals surface area contributed by atoms with Crippen molar-refractivity contribution in [2.45, 2.75) is 38.6 Å². The van der Waals surface area contributed by atoms with Crippen LogP contribution in [0.15, 0.2) is 0 Å². The van der Waals surface area contributed by atoms with Crippen LogP contribution in [0.25, 0.3) is 0 Å². The predicted molar refractivity (Wildman–Crippen MR) is 65.0 cm³/mol. The minimum Gasteiger partial charge on any atom is -0.292 e. The number of sulfonamides is 1. The summed E-state index contributed by atoms with van der Waals surface area (Å²) in [6.07, 6.45) is 3.33. The number of hydrogen-bond donors (Lipinski definition) is 0. The van der Waals surface area contributed by atoms with Gasteiger partial charge in [0.15, 0.2) is 0 Å². The van der Waals surface area contributed by atoms with Crippen molar-refractivity contribution in [3.63, 3.8) is 0 Å². The molecular weight excluding hydrogens is 240 g/mol. The lowest BCUT2D eigenvalue weighted by Crippen LogP contribution is -2.53. The Bertz CT molecular complexity index is 394. The molecule has 2 rings (SSSR count). The van der Waals surface area contributed by atoms with E-state index in [0.717, 1.165) is 32.4 Å². The van der Waals surface area contributed by atoms with Gasteiger partial charge in [0.2, 0.25) is 10.0 Å². The second-order valence-electron chi connectivity index (χ2n) is 4.89. The molecule has 6 heteroatoms. The van der Waals surface area contributed by atoms with E-state index < -0.39 is 10.0 Å². The molecule has 2 aliphatic heterocycles. The molecular formula is C11H20N2O3S. The molecule has 1 amide bonds. The van der Waals surface area contributed by atoms with E-state index in [1.54, 1.807) is 0 Å². The molecule has 2 aliphatic rings. The summed E-state index contributed by atoms with van der Waals surface area (Å²) in [4.78, 5) is 13.9. The first-order valence-electron chi connectivity index (χ1n) is 6.32. The molecule has 0 N–H and O–H groups in total. The maximum Gasteiger partial charge on any atom is 0.250 e. The van der Waals surface area contributed by atoms with Gasteiger partial charge in [0.05, 0.1) is 18.3 Å². The van der Waals surface area contributed by atoms with Crippen LogP contribution in [0, 0.1) is 0 Å². The van der Waals surface area contributed by atoms with E-state index in [0.29, 0.717) is 6.42 Å². The van der Waals surface area contributed by atoms with Gasteiger partial charge in [-0.15, -0.1) is 0 Å². The van der Waals surface area contributed by atoms with Crippen molar-refractivity contribution >= 4 is 15.9 Å². The zero-order chi connectivity index (χ0) is 12.5. The summed E-state index contributed by atoms with van der Waals surface area (Å²) >= 11 is 0. The van der Waals surface area contributed by atoms with Crippen molar-refractivity contribution in [3.05, 3.63) is 0 Å². The molecule has 0 spiro atoms. The van der Waals surface area contributed by atoms with E-state index in [1.807, 2.05) is 11.8 Å². The number of nitrogens with zero attached hydrogens (tertiary/aromatic N) is 2. The molecule has 0 saturated carbocycles.